The van der Waals surface area contributed by atoms with Gasteiger partial charge in [0.15, 0.2) is 0 Å². The fourth-order valence-corrected chi connectivity index (χ4v) is 3.84. The highest BCUT2D eigenvalue weighted by molar-refractivity contribution is 6.03. The van der Waals surface area contributed by atoms with Gasteiger partial charge in [0.05, 0.1) is 24.6 Å². The van der Waals surface area contributed by atoms with Crippen LogP contribution in [0.5, 0.6) is 11.6 Å². The second-order valence-electron chi connectivity index (χ2n) is 7.33. The largest absolute Gasteiger partial charge is 0.496 e. The van der Waals surface area contributed by atoms with Gasteiger partial charge in [0.1, 0.15) is 11.3 Å². The average molecular weight is 406 g/mol. The van der Waals surface area contributed by atoms with Crippen molar-refractivity contribution in [1.29, 1.82) is 0 Å². The predicted molar refractivity (Wildman–Crippen MR) is 114 cm³/mol. The van der Waals surface area contributed by atoms with Crippen LogP contribution in [0.15, 0.2) is 57.2 Å². The Hall–Kier alpha value is -3.81. The molecule has 1 aliphatic rings. The van der Waals surface area contributed by atoms with Gasteiger partial charge in [-0.05, 0) is 43.2 Å². The lowest BCUT2D eigenvalue weighted by Gasteiger charge is -2.15. The van der Waals surface area contributed by atoms with Crippen molar-refractivity contribution in [3.8, 4) is 17.3 Å². The van der Waals surface area contributed by atoms with E-state index in [0.717, 1.165) is 21.3 Å². The molecule has 30 heavy (non-hydrogen) atoms. The normalized spacial score (nSPS) is 15.6. The number of hydrogen-bond acceptors (Lipinski definition) is 6. The molecule has 3 aromatic rings. The summed E-state index contributed by atoms with van der Waals surface area (Å²) in [4.78, 5) is 27.4. The van der Waals surface area contributed by atoms with Crippen molar-refractivity contribution in [1.82, 2.24) is 15.0 Å². The second-order valence-corrected chi connectivity index (χ2v) is 7.33. The first-order valence-corrected chi connectivity index (χ1v) is 9.51. The number of benzene rings is 2. The number of methoxy groups -OCH3 is 1. The molecule has 1 atom stereocenters. The minimum atomic E-state index is -0.709. The standard InChI is InChI=1S/C22H22N4O4/c1-12-8-13(2)10-14(9-12)26-21(28)19(20(27)23-22(26)29)17-11-16(24-25-17)15-6-4-5-7-18(15)30-3/h4-10,16,24,28H,11H2,1-3H3,(H,23,27,29)/t16-/m0/s1. The maximum atomic E-state index is 12.6. The van der Waals surface area contributed by atoms with Crippen LogP contribution in [0.2, 0.25) is 0 Å². The number of nitrogens with one attached hydrogen (secondary N) is 2. The zero-order chi connectivity index (χ0) is 21.4. The Morgan fingerprint density at radius 1 is 1.13 bits per heavy atom. The number of aromatic amines is 1. The van der Waals surface area contributed by atoms with Crippen LogP contribution in [0.3, 0.4) is 0 Å². The first-order chi connectivity index (χ1) is 14.4. The molecule has 0 saturated carbocycles. The quantitative estimate of drug-likeness (QED) is 0.616. The van der Waals surface area contributed by atoms with Gasteiger partial charge in [0.2, 0.25) is 5.88 Å². The number of hydrazone groups is 1. The highest BCUT2D eigenvalue weighted by Crippen LogP contribution is 2.32. The van der Waals surface area contributed by atoms with Crippen molar-refractivity contribution in [2.45, 2.75) is 26.3 Å². The number of aromatic nitrogens is 2. The summed E-state index contributed by atoms with van der Waals surface area (Å²) in [6, 6.07) is 12.8. The van der Waals surface area contributed by atoms with E-state index in [0.29, 0.717) is 23.6 Å². The van der Waals surface area contributed by atoms with Crippen molar-refractivity contribution in [2.75, 3.05) is 7.11 Å². The number of H-pyrrole nitrogens is 1. The lowest BCUT2D eigenvalue weighted by molar-refractivity contribution is 0.402. The average Bonchev–Trinajstić information content (AvgIpc) is 3.16. The molecule has 0 radical (unpaired) electrons. The molecule has 2 aromatic carbocycles. The molecule has 8 nitrogen and oxygen atoms in total. The summed E-state index contributed by atoms with van der Waals surface area (Å²) in [6.45, 7) is 3.79. The maximum absolute atomic E-state index is 12.6. The van der Waals surface area contributed by atoms with Crippen LogP contribution in [-0.4, -0.2) is 27.5 Å². The maximum Gasteiger partial charge on any atom is 0.335 e. The van der Waals surface area contributed by atoms with E-state index in [2.05, 4.69) is 15.5 Å². The fourth-order valence-electron chi connectivity index (χ4n) is 3.84. The van der Waals surface area contributed by atoms with Gasteiger partial charge >= 0.3 is 5.69 Å². The Kier molecular flexibility index (Phi) is 4.91. The van der Waals surface area contributed by atoms with Crippen LogP contribution in [0, 0.1) is 13.8 Å². The molecule has 0 spiro atoms. The van der Waals surface area contributed by atoms with E-state index >= 15 is 0 Å². The number of hydrogen-bond donors (Lipinski definition) is 3. The Bertz CT molecular complexity index is 1250. The van der Waals surface area contributed by atoms with Crippen molar-refractivity contribution in [2.24, 2.45) is 5.10 Å². The van der Waals surface area contributed by atoms with Gasteiger partial charge in [0.25, 0.3) is 5.56 Å². The number of rotatable bonds is 4. The zero-order valence-corrected chi connectivity index (χ0v) is 16.9. The first kappa shape index (κ1) is 19.5. The topological polar surface area (TPSA) is 109 Å². The Balaban J connectivity index is 1.77. The highest BCUT2D eigenvalue weighted by Gasteiger charge is 2.29. The molecular weight excluding hydrogens is 384 g/mol. The van der Waals surface area contributed by atoms with Gasteiger partial charge in [-0.3, -0.25) is 9.78 Å². The molecule has 3 N–H and O–H groups in total. The molecule has 0 unspecified atom stereocenters. The molecule has 0 fully saturated rings. The van der Waals surface area contributed by atoms with Crippen molar-refractivity contribution in [3.63, 3.8) is 0 Å². The van der Waals surface area contributed by atoms with Crippen LogP contribution in [0.1, 0.15) is 34.7 Å². The van der Waals surface area contributed by atoms with Gasteiger partial charge in [-0.1, -0.05) is 24.3 Å². The van der Waals surface area contributed by atoms with Crippen LogP contribution < -0.4 is 21.4 Å². The lowest BCUT2D eigenvalue weighted by Crippen LogP contribution is -2.33. The third-order valence-electron chi connectivity index (χ3n) is 5.11. The van der Waals surface area contributed by atoms with E-state index in [1.54, 1.807) is 19.2 Å². The number of aryl methyl sites for hydroxylation is 2. The van der Waals surface area contributed by atoms with Crippen LogP contribution >= 0.6 is 0 Å². The Morgan fingerprint density at radius 2 is 1.83 bits per heavy atom. The van der Waals surface area contributed by atoms with Crippen molar-refractivity contribution >= 4 is 5.71 Å². The Labute approximate surface area is 172 Å². The number of aromatic hydroxyl groups is 1. The second kappa shape index (κ2) is 7.55. The van der Waals surface area contributed by atoms with E-state index in [-0.39, 0.29) is 11.6 Å². The van der Waals surface area contributed by atoms with Crippen LogP contribution in [0.25, 0.3) is 5.69 Å². The fraction of sp³-hybridized carbons (Fsp3) is 0.227. The monoisotopic (exact) mass is 406 g/mol. The summed E-state index contributed by atoms with van der Waals surface area (Å²) in [5, 5.41) is 15.2. The minimum absolute atomic E-state index is 0.0290. The molecule has 154 valence electrons. The summed E-state index contributed by atoms with van der Waals surface area (Å²) in [5.74, 6) is 0.264. The zero-order valence-electron chi connectivity index (χ0n) is 16.9. The van der Waals surface area contributed by atoms with Gasteiger partial charge in [-0.25, -0.2) is 9.36 Å². The van der Waals surface area contributed by atoms with E-state index < -0.39 is 17.1 Å². The van der Waals surface area contributed by atoms with Gasteiger partial charge in [-0.2, -0.15) is 5.10 Å². The molecule has 4 rings (SSSR count). The highest BCUT2D eigenvalue weighted by atomic mass is 16.5. The van der Waals surface area contributed by atoms with Gasteiger partial charge in [0, 0.05) is 12.0 Å². The molecule has 8 heteroatoms. The predicted octanol–water partition coefficient (Wildman–Crippen LogP) is 2.30. The van der Waals surface area contributed by atoms with Crippen molar-refractivity contribution in [3.05, 3.63) is 85.6 Å². The van der Waals surface area contributed by atoms with Crippen molar-refractivity contribution < 1.29 is 9.84 Å². The van der Waals surface area contributed by atoms with Crippen LogP contribution in [-0.2, 0) is 0 Å². The molecule has 1 aliphatic heterocycles. The molecule has 0 bridgehead atoms. The molecule has 0 amide bonds. The van der Waals surface area contributed by atoms with E-state index in [1.807, 2.05) is 44.2 Å². The molecule has 0 saturated heterocycles. The Morgan fingerprint density at radius 3 is 2.53 bits per heavy atom. The smallest absolute Gasteiger partial charge is 0.335 e. The first-order valence-electron chi connectivity index (χ1n) is 9.51. The summed E-state index contributed by atoms with van der Waals surface area (Å²) >= 11 is 0. The number of nitrogens with zero attached hydrogens (tertiary/aromatic N) is 2. The number of ether oxygens (including phenoxy) is 1. The molecular formula is C22H22N4O4. The van der Waals surface area contributed by atoms with Crippen LogP contribution in [0.4, 0.5) is 0 Å². The van der Waals surface area contributed by atoms with E-state index in [9.17, 15) is 14.7 Å². The summed E-state index contributed by atoms with van der Waals surface area (Å²) in [7, 11) is 1.59. The SMILES string of the molecule is COc1ccccc1[C@@H]1CC(c2c(O)n(-c3cc(C)cc(C)c3)c(=O)[nH]c2=O)=NN1. The van der Waals surface area contributed by atoms with Gasteiger partial charge < -0.3 is 15.3 Å². The third kappa shape index (κ3) is 3.36. The molecule has 0 aliphatic carbocycles. The minimum Gasteiger partial charge on any atom is -0.496 e. The van der Waals surface area contributed by atoms with E-state index in [1.165, 1.54) is 0 Å². The summed E-state index contributed by atoms with van der Waals surface area (Å²) < 4.78 is 6.50. The number of para-hydroxylation sites is 1. The summed E-state index contributed by atoms with van der Waals surface area (Å²) in [5.41, 5.74) is 5.16. The van der Waals surface area contributed by atoms with E-state index in [4.69, 9.17) is 4.74 Å². The lowest BCUT2D eigenvalue weighted by atomic mass is 9.99. The van der Waals surface area contributed by atoms with Gasteiger partial charge in [-0.15, -0.1) is 0 Å². The summed E-state index contributed by atoms with van der Waals surface area (Å²) in [6.07, 6.45) is 0.349. The molecule has 1 aromatic heterocycles. The molecule has 2 heterocycles. The third-order valence-corrected chi connectivity index (χ3v) is 5.11.